The second-order valence-corrected chi connectivity index (χ2v) is 7.34. The Morgan fingerprint density at radius 1 is 1.30 bits per heavy atom. The van der Waals surface area contributed by atoms with Gasteiger partial charge in [0.2, 0.25) is 15.9 Å². The summed E-state index contributed by atoms with van der Waals surface area (Å²) in [6.07, 6.45) is 3.52. The number of amides is 1. The number of halogens is 1. The minimum Gasteiger partial charge on any atom is -0.325 e. The van der Waals surface area contributed by atoms with Crippen LogP contribution in [-0.4, -0.2) is 32.7 Å². The first-order chi connectivity index (χ1) is 10.5. The van der Waals surface area contributed by atoms with Gasteiger partial charge in [0.05, 0.1) is 17.5 Å². The largest absolute Gasteiger partial charge is 0.325 e. The van der Waals surface area contributed by atoms with Gasteiger partial charge in [0.1, 0.15) is 0 Å². The van der Waals surface area contributed by atoms with Crippen LogP contribution in [0.15, 0.2) is 24.3 Å². The standard InChI is InChI=1S/C15H23N3O3S.ClH/c1-2-10-22(20,21)18-13-7-5-6-12(11-13)17-15(19)14-8-3-4-9-16-14;/h5-7,11,14,16,18H,2-4,8-10H2,1H3,(H,17,19);1H. The molecule has 1 fully saturated rings. The molecule has 1 unspecified atom stereocenters. The molecule has 2 rings (SSSR count). The van der Waals surface area contributed by atoms with Gasteiger partial charge >= 0.3 is 0 Å². The highest BCUT2D eigenvalue weighted by Crippen LogP contribution is 2.18. The first-order valence-corrected chi connectivity index (χ1v) is 9.30. The molecule has 6 nitrogen and oxygen atoms in total. The fraction of sp³-hybridized carbons (Fsp3) is 0.533. The van der Waals surface area contributed by atoms with E-state index in [4.69, 9.17) is 0 Å². The average Bonchev–Trinajstić information content (AvgIpc) is 2.48. The maximum atomic E-state index is 12.2. The number of piperidine rings is 1. The summed E-state index contributed by atoms with van der Waals surface area (Å²) < 4.78 is 26.1. The maximum absolute atomic E-state index is 12.2. The van der Waals surface area contributed by atoms with Crippen LogP contribution in [0.2, 0.25) is 0 Å². The van der Waals surface area contributed by atoms with Gasteiger partial charge < -0.3 is 10.6 Å². The van der Waals surface area contributed by atoms with Crippen LogP contribution < -0.4 is 15.4 Å². The molecule has 1 amide bonds. The Bertz CT molecular complexity index is 616. The fourth-order valence-corrected chi connectivity index (χ4v) is 3.59. The van der Waals surface area contributed by atoms with Gasteiger partial charge in [0.25, 0.3) is 0 Å². The first-order valence-electron chi connectivity index (χ1n) is 7.65. The molecule has 23 heavy (non-hydrogen) atoms. The number of carbonyl (C=O) groups is 1. The minimum absolute atomic E-state index is 0. The number of benzene rings is 1. The molecule has 0 aromatic heterocycles. The monoisotopic (exact) mass is 361 g/mol. The van der Waals surface area contributed by atoms with E-state index in [1.165, 1.54) is 0 Å². The van der Waals surface area contributed by atoms with Crippen molar-refractivity contribution in [1.29, 1.82) is 0 Å². The zero-order valence-electron chi connectivity index (χ0n) is 13.2. The predicted octanol–water partition coefficient (Wildman–Crippen LogP) is 2.34. The van der Waals surface area contributed by atoms with Crippen LogP contribution in [0.1, 0.15) is 32.6 Å². The summed E-state index contributed by atoms with van der Waals surface area (Å²) in [7, 11) is -3.33. The van der Waals surface area contributed by atoms with E-state index in [2.05, 4.69) is 15.4 Å². The van der Waals surface area contributed by atoms with Crippen LogP contribution in [0, 0.1) is 0 Å². The van der Waals surface area contributed by atoms with Crippen LogP contribution in [0.4, 0.5) is 11.4 Å². The molecule has 8 heteroatoms. The number of rotatable bonds is 6. The lowest BCUT2D eigenvalue weighted by Gasteiger charge is -2.22. The smallest absolute Gasteiger partial charge is 0.241 e. The van der Waals surface area contributed by atoms with Crippen molar-refractivity contribution in [2.24, 2.45) is 0 Å². The molecule has 1 aromatic rings. The molecule has 0 bridgehead atoms. The molecule has 3 N–H and O–H groups in total. The number of anilines is 2. The van der Waals surface area contributed by atoms with Crippen molar-refractivity contribution in [2.45, 2.75) is 38.6 Å². The molecule has 0 spiro atoms. The molecular weight excluding hydrogens is 338 g/mol. The summed E-state index contributed by atoms with van der Waals surface area (Å²) in [6, 6.07) is 6.59. The van der Waals surface area contributed by atoms with E-state index >= 15 is 0 Å². The summed E-state index contributed by atoms with van der Waals surface area (Å²) in [5.74, 6) is 0.00327. The van der Waals surface area contributed by atoms with E-state index in [0.717, 1.165) is 25.8 Å². The molecular formula is C15H24ClN3O3S. The van der Waals surface area contributed by atoms with Gasteiger partial charge in [-0.2, -0.15) is 0 Å². The number of sulfonamides is 1. The summed E-state index contributed by atoms with van der Waals surface area (Å²) in [5, 5.41) is 6.02. The van der Waals surface area contributed by atoms with Gasteiger partial charge in [-0.25, -0.2) is 8.42 Å². The first kappa shape index (κ1) is 19.7. The van der Waals surface area contributed by atoms with Crippen LogP contribution >= 0.6 is 12.4 Å². The minimum atomic E-state index is -3.33. The highest BCUT2D eigenvalue weighted by molar-refractivity contribution is 7.92. The number of hydrogen-bond donors (Lipinski definition) is 3. The highest BCUT2D eigenvalue weighted by atomic mass is 35.5. The zero-order valence-corrected chi connectivity index (χ0v) is 14.8. The molecule has 0 saturated carbocycles. The number of carbonyl (C=O) groups excluding carboxylic acids is 1. The van der Waals surface area contributed by atoms with Crippen molar-refractivity contribution in [3.8, 4) is 0 Å². The molecule has 1 saturated heterocycles. The molecule has 0 aliphatic carbocycles. The van der Waals surface area contributed by atoms with Gasteiger partial charge in [-0.15, -0.1) is 12.4 Å². The van der Waals surface area contributed by atoms with E-state index in [-0.39, 0.29) is 30.1 Å². The molecule has 1 aliphatic heterocycles. The van der Waals surface area contributed by atoms with E-state index in [1.807, 2.05) is 6.92 Å². The third kappa shape index (κ3) is 6.37. The maximum Gasteiger partial charge on any atom is 0.241 e. The Kier molecular flexibility index (Phi) is 7.81. The normalized spacial score (nSPS) is 17.9. The summed E-state index contributed by atoms with van der Waals surface area (Å²) in [5.41, 5.74) is 1.05. The van der Waals surface area contributed by atoms with E-state index < -0.39 is 10.0 Å². The summed E-state index contributed by atoms with van der Waals surface area (Å²) in [4.78, 5) is 12.2. The van der Waals surface area contributed by atoms with Crippen LogP contribution in [-0.2, 0) is 14.8 Å². The van der Waals surface area contributed by atoms with Gasteiger partial charge in [0.15, 0.2) is 0 Å². The molecule has 1 aromatic carbocycles. The zero-order chi connectivity index (χ0) is 16.0. The Balaban J connectivity index is 0.00000264. The Hall–Kier alpha value is -1.31. The Morgan fingerprint density at radius 2 is 2.04 bits per heavy atom. The Labute approximate surface area is 143 Å². The van der Waals surface area contributed by atoms with Crippen molar-refractivity contribution in [3.63, 3.8) is 0 Å². The summed E-state index contributed by atoms with van der Waals surface area (Å²) >= 11 is 0. The van der Waals surface area contributed by atoms with Crippen molar-refractivity contribution in [3.05, 3.63) is 24.3 Å². The molecule has 1 aliphatic rings. The van der Waals surface area contributed by atoms with Crippen LogP contribution in [0.5, 0.6) is 0 Å². The molecule has 130 valence electrons. The van der Waals surface area contributed by atoms with Crippen molar-refractivity contribution < 1.29 is 13.2 Å². The SMILES string of the molecule is CCCS(=O)(=O)Nc1cccc(NC(=O)C2CCCCN2)c1.Cl. The van der Waals surface area contributed by atoms with Crippen LogP contribution in [0.25, 0.3) is 0 Å². The lowest BCUT2D eigenvalue weighted by Crippen LogP contribution is -2.43. The van der Waals surface area contributed by atoms with Gasteiger partial charge in [-0.1, -0.05) is 19.4 Å². The van der Waals surface area contributed by atoms with Crippen LogP contribution in [0.3, 0.4) is 0 Å². The fourth-order valence-electron chi connectivity index (χ4n) is 2.46. The number of hydrogen-bond acceptors (Lipinski definition) is 4. The lowest BCUT2D eigenvalue weighted by molar-refractivity contribution is -0.118. The predicted molar refractivity (Wildman–Crippen MR) is 95.7 cm³/mol. The van der Waals surface area contributed by atoms with Gasteiger partial charge in [-0.05, 0) is 44.0 Å². The van der Waals surface area contributed by atoms with Gasteiger partial charge in [-0.3, -0.25) is 9.52 Å². The van der Waals surface area contributed by atoms with Gasteiger partial charge in [0, 0.05) is 5.69 Å². The van der Waals surface area contributed by atoms with E-state index in [0.29, 0.717) is 17.8 Å². The molecule has 1 heterocycles. The number of nitrogens with one attached hydrogen (secondary N) is 3. The van der Waals surface area contributed by atoms with Crippen molar-refractivity contribution in [2.75, 3.05) is 22.3 Å². The Morgan fingerprint density at radius 3 is 2.70 bits per heavy atom. The summed E-state index contributed by atoms with van der Waals surface area (Å²) in [6.45, 7) is 2.67. The third-order valence-corrected chi connectivity index (χ3v) is 5.00. The quantitative estimate of drug-likeness (QED) is 0.725. The molecule has 0 radical (unpaired) electrons. The van der Waals surface area contributed by atoms with Crippen molar-refractivity contribution in [1.82, 2.24) is 5.32 Å². The molecule has 1 atom stereocenters. The topological polar surface area (TPSA) is 87.3 Å². The third-order valence-electron chi connectivity index (χ3n) is 3.50. The highest BCUT2D eigenvalue weighted by Gasteiger charge is 2.20. The second kappa shape index (κ2) is 9.10. The lowest BCUT2D eigenvalue weighted by atomic mass is 10.0. The van der Waals surface area contributed by atoms with Crippen molar-refractivity contribution >= 4 is 39.7 Å². The van der Waals surface area contributed by atoms with E-state index in [1.54, 1.807) is 24.3 Å². The average molecular weight is 362 g/mol. The van der Waals surface area contributed by atoms with E-state index in [9.17, 15) is 13.2 Å². The second-order valence-electron chi connectivity index (χ2n) is 5.49.